The maximum absolute atomic E-state index is 12.9. The summed E-state index contributed by atoms with van der Waals surface area (Å²) < 4.78 is 5.69. The molecule has 3 rings (SSSR count). The van der Waals surface area contributed by atoms with Crippen molar-refractivity contribution in [2.75, 3.05) is 6.61 Å². The molecule has 10 heteroatoms. The Kier molecular flexibility index (Phi) is 7.11. The van der Waals surface area contributed by atoms with Gasteiger partial charge in [0.2, 0.25) is 5.91 Å². The van der Waals surface area contributed by atoms with Crippen molar-refractivity contribution in [2.45, 2.75) is 39.0 Å². The van der Waals surface area contributed by atoms with Crippen LogP contribution in [0.3, 0.4) is 0 Å². The summed E-state index contributed by atoms with van der Waals surface area (Å²) in [6, 6.07) is 8.53. The monoisotopic (exact) mass is 469 g/mol. The van der Waals surface area contributed by atoms with Crippen LogP contribution in [-0.2, 0) is 16.1 Å². The molecule has 0 radical (unpaired) electrons. The summed E-state index contributed by atoms with van der Waals surface area (Å²) in [5, 5.41) is 34.5. The Labute approximate surface area is 195 Å². The van der Waals surface area contributed by atoms with Crippen LogP contribution in [0.4, 0.5) is 0 Å². The third-order valence-corrected chi connectivity index (χ3v) is 4.90. The van der Waals surface area contributed by atoms with Gasteiger partial charge in [0, 0.05) is 18.0 Å². The zero-order valence-corrected chi connectivity index (χ0v) is 19.0. The van der Waals surface area contributed by atoms with Crippen LogP contribution in [-0.4, -0.2) is 50.4 Å². The number of amides is 2. The molecule has 10 nitrogen and oxygen atoms in total. The van der Waals surface area contributed by atoms with Crippen molar-refractivity contribution < 1.29 is 29.6 Å². The fraction of sp³-hybridized carbons (Fsp3) is 0.292. The lowest BCUT2D eigenvalue weighted by Crippen LogP contribution is -2.50. The largest absolute Gasteiger partial charge is 0.506 e. The number of rotatable bonds is 7. The molecule has 1 aromatic heterocycles. The molecular formula is C24H27N3O7. The van der Waals surface area contributed by atoms with E-state index in [0.717, 1.165) is 6.07 Å². The molecule has 0 aliphatic carbocycles. The number of carbonyl (C=O) groups is 2. The van der Waals surface area contributed by atoms with Crippen molar-refractivity contribution in [2.24, 2.45) is 0 Å². The van der Waals surface area contributed by atoms with Gasteiger partial charge in [0.25, 0.3) is 5.91 Å². The van der Waals surface area contributed by atoms with Crippen LogP contribution in [0.2, 0.25) is 0 Å². The molecule has 1 heterocycles. The van der Waals surface area contributed by atoms with Gasteiger partial charge in [-0.3, -0.25) is 14.4 Å². The number of carbonyl (C=O) groups excluding carboxylic acids is 2. The van der Waals surface area contributed by atoms with Crippen LogP contribution in [0.5, 0.6) is 17.2 Å². The molecule has 0 spiro atoms. The average molecular weight is 469 g/mol. The molecule has 34 heavy (non-hydrogen) atoms. The van der Waals surface area contributed by atoms with Crippen LogP contribution in [0.15, 0.2) is 47.3 Å². The van der Waals surface area contributed by atoms with Crippen molar-refractivity contribution in [3.63, 3.8) is 0 Å². The fourth-order valence-electron chi connectivity index (χ4n) is 3.12. The van der Waals surface area contributed by atoms with Gasteiger partial charge in [-0.1, -0.05) is 12.1 Å². The highest BCUT2D eigenvalue weighted by Gasteiger charge is 2.25. The van der Waals surface area contributed by atoms with Crippen molar-refractivity contribution >= 4 is 22.7 Å². The molecule has 0 aliphatic rings. The van der Waals surface area contributed by atoms with E-state index in [0.29, 0.717) is 5.56 Å². The van der Waals surface area contributed by atoms with Crippen molar-refractivity contribution in [1.82, 2.24) is 15.6 Å². The van der Waals surface area contributed by atoms with Crippen LogP contribution >= 0.6 is 0 Å². The number of benzene rings is 2. The summed E-state index contributed by atoms with van der Waals surface area (Å²) in [6.07, 6.45) is 0. The number of fused-ring (bicyclic) bond motifs is 1. The maximum atomic E-state index is 12.9. The van der Waals surface area contributed by atoms with Gasteiger partial charge in [-0.2, -0.15) is 0 Å². The minimum atomic E-state index is -1.11. The first-order chi connectivity index (χ1) is 15.9. The smallest absolute Gasteiger partial charge is 0.268 e. The Balaban J connectivity index is 1.79. The highest BCUT2D eigenvalue weighted by Crippen LogP contribution is 2.24. The first-order valence-corrected chi connectivity index (χ1v) is 10.5. The third kappa shape index (κ3) is 6.04. The second kappa shape index (κ2) is 9.84. The number of para-hydroxylation sites is 1. The number of phenols is 3. The molecule has 180 valence electrons. The second-order valence-electron chi connectivity index (χ2n) is 8.74. The molecule has 0 saturated heterocycles. The Morgan fingerprint density at radius 1 is 1.03 bits per heavy atom. The predicted octanol–water partition coefficient (Wildman–Crippen LogP) is 1.87. The zero-order chi connectivity index (χ0) is 25.0. The minimum Gasteiger partial charge on any atom is -0.506 e. The maximum Gasteiger partial charge on any atom is 0.268 e. The average Bonchev–Trinajstić information content (AvgIpc) is 2.77. The molecule has 0 unspecified atom stereocenters. The van der Waals surface area contributed by atoms with E-state index in [4.69, 9.17) is 4.74 Å². The molecule has 2 aromatic carbocycles. The Morgan fingerprint density at radius 3 is 2.44 bits per heavy atom. The van der Waals surface area contributed by atoms with E-state index < -0.39 is 28.9 Å². The summed E-state index contributed by atoms with van der Waals surface area (Å²) >= 11 is 0. The standard InChI is InChI=1S/C24H27N3O7/c1-24(2,3)34-12-16(22(32)25-11-13-7-8-17(28)20(31)9-13)27-23(33)15-10-19(30)14-5-4-6-18(29)21(14)26-15/h4-10,16,28-29,31H,11-12H2,1-3H3,(H,25,32)(H,26,30)(H,27,33)/t16-/m0/s1. The quantitative estimate of drug-likeness (QED) is 0.288. The first-order valence-electron chi connectivity index (χ1n) is 10.5. The van der Waals surface area contributed by atoms with Crippen molar-refractivity contribution in [1.29, 1.82) is 0 Å². The Morgan fingerprint density at radius 2 is 1.76 bits per heavy atom. The summed E-state index contributed by atoms with van der Waals surface area (Å²) in [4.78, 5) is 40.9. The van der Waals surface area contributed by atoms with E-state index in [1.165, 1.54) is 36.4 Å². The number of aromatic amines is 1. The van der Waals surface area contributed by atoms with Crippen LogP contribution in [0, 0.1) is 0 Å². The number of hydrogen-bond donors (Lipinski definition) is 6. The van der Waals surface area contributed by atoms with Crippen molar-refractivity contribution in [3.05, 3.63) is 63.9 Å². The summed E-state index contributed by atoms with van der Waals surface area (Å²) in [6.45, 7) is 5.27. The number of aromatic nitrogens is 1. The van der Waals surface area contributed by atoms with Gasteiger partial charge in [0.05, 0.1) is 17.7 Å². The van der Waals surface area contributed by atoms with Crippen LogP contribution in [0.25, 0.3) is 10.9 Å². The molecule has 0 bridgehead atoms. The number of phenolic OH excluding ortho intramolecular Hbond substituents is 3. The van der Waals surface area contributed by atoms with E-state index in [-0.39, 0.29) is 47.0 Å². The van der Waals surface area contributed by atoms with E-state index in [2.05, 4.69) is 15.6 Å². The summed E-state index contributed by atoms with van der Waals surface area (Å²) in [5.74, 6) is -2.09. The molecule has 6 N–H and O–H groups in total. The topological polar surface area (TPSA) is 161 Å². The zero-order valence-electron chi connectivity index (χ0n) is 19.0. The van der Waals surface area contributed by atoms with Crippen LogP contribution < -0.4 is 16.1 Å². The second-order valence-corrected chi connectivity index (χ2v) is 8.74. The molecule has 0 fully saturated rings. The Bertz CT molecular complexity index is 1280. The van der Waals surface area contributed by atoms with Gasteiger partial charge in [-0.15, -0.1) is 0 Å². The fourth-order valence-corrected chi connectivity index (χ4v) is 3.12. The molecule has 1 atom stereocenters. The number of aromatic hydroxyl groups is 3. The van der Waals surface area contributed by atoms with Gasteiger partial charge in [0.1, 0.15) is 17.5 Å². The SMILES string of the molecule is CC(C)(C)OC[C@H](NC(=O)c1cc(=O)c2cccc(O)c2[nH]1)C(=O)NCc1ccc(O)c(O)c1. The minimum absolute atomic E-state index is 0.0231. The Hall–Kier alpha value is -4.05. The van der Waals surface area contributed by atoms with Gasteiger partial charge >= 0.3 is 0 Å². The van der Waals surface area contributed by atoms with E-state index >= 15 is 0 Å². The number of H-pyrrole nitrogens is 1. The van der Waals surface area contributed by atoms with Gasteiger partial charge in [-0.05, 0) is 50.6 Å². The normalized spacial score (nSPS) is 12.3. The first kappa shape index (κ1) is 24.6. The lowest BCUT2D eigenvalue weighted by molar-refractivity contribution is -0.126. The molecule has 0 aliphatic heterocycles. The van der Waals surface area contributed by atoms with Crippen molar-refractivity contribution in [3.8, 4) is 17.2 Å². The van der Waals surface area contributed by atoms with E-state index in [1.807, 2.05) is 0 Å². The van der Waals surface area contributed by atoms with Gasteiger partial charge < -0.3 is 35.7 Å². The van der Waals surface area contributed by atoms with Gasteiger partial charge in [0.15, 0.2) is 16.9 Å². The number of hydrogen-bond acceptors (Lipinski definition) is 7. The molecular weight excluding hydrogens is 442 g/mol. The summed E-state index contributed by atoms with van der Waals surface area (Å²) in [7, 11) is 0. The summed E-state index contributed by atoms with van der Waals surface area (Å²) in [5.41, 5.74) is -0.543. The molecule has 2 amide bonds. The predicted molar refractivity (Wildman–Crippen MR) is 125 cm³/mol. The number of pyridine rings is 1. The number of nitrogens with one attached hydrogen (secondary N) is 3. The lowest BCUT2D eigenvalue weighted by atomic mass is 10.1. The molecule has 0 saturated carbocycles. The molecule has 3 aromatic rings. The highest BCUT2D eigenvalue weighted by atomic mass is 16.5. The van der Waals surface area contributed by atoms with Crippen LogP contribution in [0.1, 0.15) is 36.8 Å². The van der Waals surface area contributed by atoms with Gasteiger partial charge in [-0.25, -0.2) is 0 Å². The van der Waals surface area contributed by atoms with E-state index in [1.54, 1.807) is 20.8 Å². The number of ether oxygens (including phenoxy) is 1. The highest BCUT2D eigenvalue weighted by molar-refractivity contribution is 5.98. The lowest BCUT2D eigenvalue weighted by Gasteiger charge is -2.25. The van der Waals surface area contributed by atoms with E-state index in [9.17, 15) is 29.7 Å². The third-order valence-electron chi connectivity index (χ3n) is 4.90.